The van der Waals surface area contributed by atoms with Gasteiger partial charge < -0.3 is 14.8 Å². The summed E-state index contributed by atoms with van der Waals surface area (Å²) in [6, 6.07) is 8.35. The molecule has 1 N–H and O–H groups in total. The smallest absolute Gasteiger partial charge is 0.231 e. The summed E-state index contributed by atoms with van der Waals surface area (Å²) in [6.45, 7) is 6.41. The fourth-order valence-electron chi connectivity index (χ4n) is 2.25. The van der Waals surface area contributed by atoms with Crippen molar-refractivity contribution >= 4 is 11.3 Å². The maximum atomic E-state index is 5.38. The second kappa shape index (κ2) is 5.23. The highest BCUT2D eigenvalue weighted by Crippen LogP contribution is 2.32. The lowest BCUT2D eigenvalue weighted by Crippen LogP contribution is -2.12. The molecule has 0 atom stereocenters. The zero-order chi connectivity index (χ0) is 13.2. The minimum Gasteiger partial charge on any atom is -0.454 e. The van der Waals surface area contributed by atoms with Gasteiger partial charge in [0.15, 0.2) is 11.5 Å². The summed E-state index contributed by atoms with van der Waals surface area (Å²) in [7, 11) is 0. The monoisotopic (exact) mass is 275 g/mol. The van der Waals surface area contributed by atoms with Crippen molar-refractivity contribution in [2.45, 2.75) is 26.9 Å². The third kappa shape index (κ3) is 2.74. The lowest BCUT2D eigenvalue weighted by atomic mass is 10.2. The van der Waals surface area contributed by atoms with E-state index in [2.05, 4.69) is 31.3 Å². The van der Waals surface area contributed by atoms with Crippen molar-refractivity contribution in [3.63, 3.8) is 0 Å². The molecule has 0 spiro atoms. The number of rotatable bonds is 4. The molecule has 2 heterocycles. The Kier molecular flexibility index (Phi) is 3.44. The van der Waals surface area contributed by atoms with E-state index in [0.717, 1.165) is 24.6 Å². The van der Waals surface area contributed by atoms with E-state index in [9.17, 15) is 0 Å². The Balaban J connectivity index is 1.59. The zero-order valence-corrected chi connectivity index (χ0v) is 12.0. The van der Waals surface area contributed by atoms with E-state index in [0.29, 0.717) is 6.79 Å². The molecule has 100 valence electrons. The molecule has 0 radical (unpaired) electrons. The number of hydrogen-bond acceptors (Lipinski definition) is 4. The van der Waals surface area contributed by atoms with Crippen LogP contribution in [-0.4, -0.2) is 6.79 Å². The summed E-state index contributed by atoms with van der Waals surface area (Å²) in [4.78, 5) is 2.77. The number of fused-ring (bicyclic) bond motifs is 1. The van der Waals surface area contributed by atoms with Gasteiger partial charge in [-0.1, -0.05) is 6.07 Å². The Morgan fingerprint density at radius 3 is 2.74 bits per heavy atom. The first kappa shape index (κ1) is 12.5. The summed E-state index contributed by atoms with van der Waals surface area (Å²) in [5.41, 5.74) is 2.61. The molecule has 2 aromatic rings. The molecular formula is C15H17NO2S. The van der Waals surface area contributed by atoms with E-state index in [1.54, 1.807) is 0 Å². The Morgan fingerprint density at radius 2 is 1.95 bits per heavy atom. The summed E-state index contributed by atoms with van der Waals surface area (Å²) in [5.74, 6) is 1.69. The van der Waals surface area contributed by atoms with Crippen LogP contribution in [0.4, 0.5) is 0 Å². The second-order valence-electron chi connectivity index (χ2n) is 4.73. The van der Waals surface area contributed by atoms with Gasteiger partial charge in [-0.3, -0.25) is 0 Å². The SMILES string of the molecule is Cc1cc(CNCc2ccc3c(c2)OCO3)c(C)s1. The lowest BCUT2D eigenvalue weighted by molar-refractivity contribution is 0.174. The molecule has 1 aliphatic heterocycles. The molecular weight excluding hydrogens is 258 g/mol. The quantitative estimate of drug-likeness (QED) is 0.928. The minimum absolute atomic E-state index is 0.333. The van der Waals surface area contributed by atoms with Gasteiger partial charge in [-0.05, 0) is 43.2 Å². The summed E-state index contributed by atoms with van der Waals surface area (Å²) in [6.07, 6.45) is 0. The van der Waals surface area contributed by atoms with Gasteiger partial charge in [0.2, 0.25) is 6.79 Å². The van der Waals surface area contributed by atoms with Gasteiger partial charge in [-0.2, -0.15) is 0 Å². The van der Waals surface area contributed by atoms with E-state index in [1.807, 2.05) is 23.5 Å². The first-order chi connectivity index (χ1) is 9.22. The maximum Gasteiger partial charge on any atom is 0.231 e. The van der Waals surface area contributed by atoms with Gasteiger partial charge in [0.05, 0.1) is 0 Å². The van der Waals surface area contributed by atoms with Crippen LogP contribution in [0.3, 0.4) is 0 Å². The highest BCUT2D eigenvalue weighted by molar-refractivity contribution is 7.12. The van der Waals surface area contributed by atoms with E-state index in [-0.39, 0.29) is 0 Å². The predicted molar refractivity (Wildman–Crippen MR) is 76.9 cm³/mol. The van der Waals surface area contributed by atoms with Crippen molar-refractivity contribution in [3.05, 3.63) is 45.1 Å². The van der Waals surface area contributed by atoms with E-state index < -0.39 is 0 Å². The molecule has 1 aliphatic rings. The average molecular weight is 275 g/mol. The molecule has 0 unspecified atom stereocenters. The fraction of sp³-hybridized carbons (Fsp3) is 0.333. The number of aryl methyl sites for hydroxylation is 2. The van der Waals surface area contributed by atoms with Crippen LogP contribution in [-0.2, 0) is 13.1 Å². The molecule has 0 fully saturated rings. The van der Waals surface area contributed by atoms with Crippen LogP contribution >= 0.6 is 11.3 Å². The number of ether oxygens (including phenoxy) is 2. The van der Waals surface area contributed by atoms with Gasteiger partial charge >= 0.3 is 0 Å². The summed E-state index contributed by atoms with van der Waals surface area (Å²) in [5, 5.41) is 3.47. The third-order valence-corrected chi connectivity index (χ3v) is 4.23. The van der Waals surface area contributed by atoms with E-state index in [4.69, 9.17) is 9.47 Å². The van der Waals surface area contributed by atoms with E-state index >= 15 is 0 Å². The standard InChI is InChI=1S/C15H17NO2S/c1-10-5-13(11(2)19-10)8-16-7-12-3-4-14-15(6-12)18-9-17-14/h3-6,16H,7-9H2,1-2H3. The Morgan fingerprint density at radius 1 is 1.11 bits per heavy atom. The van der Waals surface area contributed by atoms with Crippen LogP contribution in [0.25, 0.3) is 0 Å². The van der Waals surface area contributed by atoms with Crippen molar-refractivity contribution < 1.29 is 9.47 Å². The van der Waals surface area contributed by atoms with Gasteiger partial charge in [0.1, 0.15) is 0 Å². The molecule has 0 saturated heterocycles. The zero-order valence-electron chi connectivity index (χ0n) is 11.2. The normalized spacial score (nSPS) is 12.9. The Bertz CT molecular complexity index is 592. The molecule has 1 aromatic heterocycles. The number of thiophene rings is 1. The van der Waals surface area contributed by atoms with Crippen LogP contribution in [0.1, 0.15) is 20.9 Å². The molecule has 0 bridgehead atoms. The predicted octanol–water partition coefficient (Wildman–Crippen LogP) is 3.38. The largest absolute Gasteiger partial charge is 0.454 e. The van der Waals surface area contributed by atoms with Crippen LogP contribution in [0, 0.1) is 13.8 Å². The molecule has 3 nitrogen and oxygen atoms in total. The topological polar surface area (TPSA) is 30.5 Å². The summed E-state index contributed by atoms with van der Waals surface area (Å²) >= 11 is 1.86. The highest BCUT2D eigenvalue weighted by Gasteiger charge is 2.12. The molecule has 0 saturated carbocycles. The third-order valence-electron chi connectivity index (χ3n) is 3.23. The maximum absolute atomic E-state index is 5.38. The number of nitrogens with one attached hydrogen (secondary N) is 1. The first-order valence-corrected chi connectivity index (χ1v) is 7.19. The summed E-state index contributed by atoms with van der Waals surface area (Å²) < 4.78 is 10.7. The van der Waals surface area contributed by atoms with Crippen LogP contribution in [0.2, 0.25) is 0 Å². The van der Waals surface area contributed by atoms with Gasteiger partial charge in [0.25, 0.3) is 0 Å². The fourth-order valence-corrected chi connectivity index (χ4v) is 3.20. The second-order valence-corrected chi connectivity index (χ2v) is 6.19. The highest BCUT2D eigenvalue weighted by atomic mass is 32.1. The number of benzene rings is 1. The Hall–Kier alpha value is -1.52. The molecule has 4 heteroatoms. The average Bonchev–Trinajstić information content (AvgIpc) is 2.96. The van der Waals surface area contributed by atoms with Crippen molar-refractivity contribution in [2.75, 3.05) is 6.79 Å². The van der Waals surface area contributed by atoms with Crippen LogP contribution in [0.5, 0.6) is 11.5 Å². The van der Waals surface area contributed by atoms with Gasteiger partial charge in [0, 0.05) is 22.8 Å². The van der Waals surface area contributed by atoms with Crippen molar-refractivity contribution in [2.24, 2.45) is 0 Å². The number of hydrogen-bond donors (Lipinski definition) is 1. The minimum atomic E-state index is 0.333. The van der Waals surface area contributed by atoms with Gasteiger partial charge in [-0.25, -0.2) is 0 Å². The molecule has 0 aliphatic carbocycles. The van der Waals surface area contributed by atoms with Crippen molar-refractivity contribution in [3.8, 4) is 11.5 Å². The van der Waals surface area contributed by atoms with E-state index in [1.165, 1.54) is 20.9 Å². The lowest BCUT2D eigenvalue weighted by Gasteiger charge is -2.05. The molecule has 0 amide bonds. The van der Waals surface area contributed by atoms with Crippen molar-refractivity contribution in [1.29, 1.82) is 0 Å². The van der Waals surface area contributed by atoms with Crippen molar-refractivity contribution in [1.82, 2.24) is 5.32 Å². The van der Waals surface area contributed by atoms with Crippen LogP contribution in [0.15, 0.2) is 24.3 Å². The molecule has 3 rings (SSSR count). The Labute approximate surface area is 117 Å². The van der Waals surface area contributed by atoms with Crippen LogP contribution < -0.4 is 14.8 Å². The first-order valence-electron chi connectivity index (χ1n) is 6.37. The van der Waals surface area contributed by atoms with Gasteiger partial charge in [-0.15, -0.1) is 11.3 Å². The molecule has 1 aromatic carbocycles. The molecule has 19 heavy (non-hydrogen) atoms.